The van der Waals surface area contributed by atoms with E-state index < -0.39 is 11.9 Å². The number of benzene rings is 1. The highest BCUT2D eigenvalue weighted by molar-refractivity contribution is 5.97. The molecule has 3 rings (SSSR count). The van der Waals surface area contributed by atoms with Gasteiger partial charge in [-0.15, -0.1) is 0 Å². The molecule has 2 N–H and O–H groups in total. The molecule has 7 nitrogen and oxygen atoms in total. The number of ether oxygens (including phenoxy) is 1. The van der Waals surface area contributed by atoms with Crippen molar-refractivity contribution in [3.63, 3.8) is 0 Å². The Balaban J connectivity index is 1.66. The number of carboxylic acids is 1. The van der Waals surface area contributed by atoms with Gasteiger partial charge in [0, 0.05) is 32.4 Å². The summed E-state index contributed by atoms with van der Waals surface area (Å²) in [5, 5.41) is 12.2. The Morgan fingerprint density at radius 3 is 2.88 bits per heavy atom. The summed E-state index contributed by atoms with van der Waals surface area (Å²) in [6, 6.07) is 5.28. The predicted octanol–water partition coefficient (Wildman–Crippen LogP) is 1.43. The number of carboxylic acid groups (broad SMARTS) is 1. The lowest BCUT2D eigenvalue weighted by molar-refractivity contribution is -0.144. The lowest BCUT2D eigenvalue weighted by Crippen LogP contribution is -2.39. The summed E-state index contributed by atoms with van der Waals surface area (Å²) >= 11 is 0. The molecule has 1 aliphatic rings. The molecule has 24 heavy (non-hydrogen) atoms. The zero-order valence-corrected chi connectivity index (χ0v) is 13.6. The lowest BCUT2D eigenvalue weighted by Gasteiger charge is -2.27. The first kappa shape index (κ1) is 16.4. The standard InChI is InChI=1S/C17H21N3O4/c1-20-10-19-14-8-12(2-3-15(14)20)16(21)18-9-13(17(22)23)11-4-6-24-7-5-11/h2-3,8,10-11,13H,4-7,9H2,1H3,(H,18,21)(H,22,23). The van der Waals surface area contributed by atoms with Crippen LogP contribution in [0.3, 0.4) is 0 Å². The molecule has 0 spiro atoms. The number of imidazole rings is 1. The van der Waals surface area contributed by atoms with Crippen LogP contribution in [0.25, 0.3) is 11.0 Å². The van der Waals surface area contributed by atoms with Crippen LogP contribution in [0.1, 0.15) is 23.2 Å². The molecule has 1 atom stereocenters. The first-order valence-electron chi connectivity index (χ1n) is 8.06. The molecule has 1 fully saturated rings. The molecular formula is C17H21N3O4. The van der Waals surface area contributed by atoms with E-state index in [1.54, 1.807) is 18.5 Å². The number of carbonyl (C=O) groups excluding carboxylic acids is 1. The van der Waals surface area contributed by atoms with Gasteiger partial charge in [0.15, 0.2) is 0 Å². The second kappa shape index (κ2) is 7.00. The fourth-order valence-corrected chi connectivity index (χ4v) is 3.16. The summed E-state index contributed by atoms with van der Waals surface area (Å²) < 4.78 is 7.16. The van der Waals surface area contributed by atoms with Crippen LogP contribution in [0.2, 0.25) is 0 Å². The van der Waals surface area contributed by atoms with Crippen molar-refractivity contribution in [1.29, 1.82) is 0 Å². The summed E-state index contributed by atoms with van der Waals surface area (Å²) in [6.07, 6.45) is 3.12. The highest BCUT2D eigenvalue weighted by Crippen LogP contribution is 2.24. The normalized spacial score (nSPS) is 16.9. The number of aryl methyl sites for hydroxylation is 1. The monoisotopic (exact) mass is 331 g/mol. The third kappa shape index (κ3) is 3.41. The predicted molar refractivity (Wildman–Crippen MR) is 87.7 cm³/mol. The van der Waals surface area contributed by atoms with Crippen LogP contribution in [0.4, 0.5) is 0 Å². The molecule has 1 amide bonds. The first-order chi connectivity index (χ1) is 11.6. The van der Waals surface area contributed by atoms with Crippen molar-refractivity contribution in [2.24, 2.45) is 18.9 Å². The van der Waals surface area contributed by atoms with E-state index in [2.05, 4.69) is 10.3 Å². The minimum atomic E-state index is -0.873. The summed E-state index contributed by atoms with van der Waals surface area (Å²) in [5.41, 5.74) is 2.17. The van der Waals surface area contributed by atoms with Gasteiger partial charge in [-0.3, -0.25) is 9.59 Å². The van der Waals surface area contributed by atoms with E-state index in [0.717, 1.165) is 11.0 Å². The quantitative estimate of drug-likeness (QED) is 0.864. The van der Waals surface area contributed by atoms with Crippen LogP contribution >= 0.6 is 0 Å². The van der Waals surface area contributed by atoms with Crippen molar-refractivity contribution >= 4 is 22.9 Å². The molecule has 1 saturated heterocycles. The summed E-state index contributed by atoms with van der Waals surface area (Å²) in [5.74, 6) is -1.70. The van der Waals surface area contributed by atoms with Gasteiger partial charge in [-0.25, -0.2) is 4.98 Å². The van der Waals surface area contributed by atoms with Crippen molar-refractivity contribution in [3.05, 3.63) is 30.1 Å². The lowest BCUT2D eigenvalue weighted by atomic mass is 9.86. The van der Waals surface area contributed by atoms with Crippen LogP contribution in [0.5, 0.6) is 0 Å². The molecule has 2 heterocycles. The second-order valence-corrected chi connectivity index (χ2v) is 6.16. The zero-order valence-electron chi connectivity index (χ0n) is 13.6. The number of fused-ring (bicyclic) bond motifs is 1. The van der Waals surface area contributed by atoms with Gasteiger partial charge in [-0.05, 0) is 37.0 Å². The maximum atomic E-state index is 12.3. The molecule has 2 aromatic rings. The molecule has 7 heteroatoms. The maximum absolute atomic E-state index is 12.3. The van der Waals surface area contributed by atoms with Gasteiger partial charge in [0.25, 0.3) is 5.91 Å². The molecule has 0 aliphatic carbocycles. The Labute approximate surface area is 139 Å². The Kier molecular flexibility index (Phi) is 4.80. The number of hydrogen-bond acceptors (Lipinski definition) is 4. The highest BCUT2D eigenvalue weighted by atomic mass is 16.5. The largest absolute Gasteiger partial charge is 0.481 e. The van der Waals surface area contributed by atoms with E-state index in [1.807, 2.05) is 17.7 Å². The van der Waals surface area contributed by atoms with Crippen LogP contribution in [-0.2, 0) is 16.6 Å². The number of amides is 1. The Morgan fingerprint density at radius 1 is 1.42 bits per heavy atom. The molecule has 0 saturated carbocycles. The van der Waals surface area contributed by atoms with Crippen molar-refractivity contribution < 1.29 is 19.4 Å². The second-order valence-electron chi connectivity index (χ2n) is 6.16. The van der Waals surface area contributed by atoms with Crippen LogP contribution in [0, 0.1) is 11.8 Å². The van der Waals surface area contributed by atoms with Crippen molar-refractivity contribution in [3.8, 4) is 0 Å². The Morgan fingerprint density at radius 2 is 2.17 bits per heavy atom. The van der Waals surface area contributed by atoms with E-state index in [9.17, 15) is 14.7 Å². The van der Waals surface area contributed by atoms with Crippen LogP contribution in [0.15, 0.2) is 24.5 Å². The van der Waals surface area contributed by atoms with Gasteiger partial charge >= 0.3 is 5.97 Å². The smallest absolute Gasteiger partial charge is 0.308 e. The van der Waals surface area contributed by atoms with Crippen LogP contribution < -0.4 is 5.32 Å². The fraction of sp³-hybridized carbons (Fsp3) is 0.471. The summed E-state index contributed by atoms with van der Waals surface area (Å²) in [6.45, 7) is 1.29. The number of nitrogens with zero attached hydrogens (tertiary/aromatic N) is 2. The van der Waals surface area contributed by atoms with E-state index in [1.165, 1.54) is 0 Å². The Bertz CT molecular complexity index is 749. The van der Waals surface area contributed by atoms with Crippen molar-refractivity contribution in [2.45, 2.75) is 12.8 Å². The molecular weight excluding hydrogens is 310 g/mol. The number of nitrogens with one attached hydrogen (secondary N) is 1. The Hall–Kier alpha value is -2.41. The van der Waals surface area contributed by atoms with E-state index >= 15 is 0 Å². The van der Waals surface area contributed by atoms with Crippen LogP contribution in [-0.4, -0.2) is 46.3 Å². The first-order valence-corrected chi connectivity index (χ1v) is 8.06. The summed E-state index contributed by atoms with van der Waals surface area (Å²) in [4.78, 5) is 28.1. The molecule has 0 radical (unpaired) electrons. The highest BCUT2D eigenvalue weighted by Gasteiger charge is 2.30. The molecule has 1 unspecified atom stereocenters. The van der Waals surface area contributed by atoms with E-state index in [-0.39, 0.29) is 18.4 Å². The average molecular weight is 331 g/mol. The van der Waals surface area contributed by atoms with Crippen molar-refractivity contribution in [2.75, 3.05) is 19.8 Å². The molecule has 128 valence electrons. The topological polar surface area (TPSA) is 93.5 Å². The zero-order chi connectivity index (χ0) is 17.1. The third-order valence-corrected chi connectivity index (χ3v) is 4.62. The number of carbonyl (C=O) groups is 2. The summed E-state index contributed by atoms with van der Waals surface area (Å²) in [7, 11) is 1.89. The number of hydrogen-bond donors (Lipinski definition) is 2. The molecule has 1 aliphatic heterocycles. The molecule has 1 aromatic carbocycles. The van der Waals surface area contributed by atoms with E-state index in [0.29, 0.717) is 31.6 Å². The fourth-order valence-electron chi connectivity index (χ4n) is 3.16. The van der Waals surface area contributed by atoms with Gasteiger partial charge in [-0.2, -0.15) is 0 Å². The van der Waals surface area contributed by atoms with Gasteiger partial charge in [-0.1, -0.05) is 0 Å². The SMILES string of the molecule is Cn1cnc2cc(C(=O)NCC(C(=O)O)C3CCOCC3)ccc21. The number of rotatable bonds is 5. The minimum Gasteiger partial charge on any atom is -0.481 e. The average Bonchev–Trinajstić information content (AvgIpc) is 2.96. The third-order valence-electron chi connectivity index (χ3n) is 4.62. The van der Waals surface area contributed by atoms with Crippen molar-refractivity contribution in [1.82, 2.24) is 14.9 Å². The van der Waals surface area contributed by atoms with Gasteiger partial charge in [0.2, 0.25) is 0 Å². The molecule has 0 bridgehead atoms. The van der Waals surface area contributed by atoms with Gasteiger partial charge in [0.1, 0.15) is 0 Å². The maximum Gasteiger partial charge on any atom is 0.308 e. The van der Waals surface area contributed by atoms with Gasteiger partial charge < -0.3 is 19.7 Å². The van der Waals surface area contributed by atoms with Gasteiger partial charge in [0.05, 0.1) is 23.3 Å². The number of aliphatic carboxylic acids is 1. The minimum absolute atomic E-state index is 0.0369. The van der Waals surface area contributed by atoms with E-state index in [4.69, 9.17) is 4.74 Å². The number of aromatic nitrogens is 2. The molecule has 1 aromatic heterocycles.